The second-order valence-electron chi connectivity index (χ2n) is 7.66. The molecule has 0 heterocycles. The quantitative estimate of drug-likeness (QED) is 0.169. The number of carbonyl (C=O) groups excluding carboxylic acids is 4. The number of nitrogens with two attached hydrogens (primary N) is 2. The van der Waals surface area contributed by atoms with Gasteiger partial charge in [-0.3, -0.25) is 19.2 Å². The smallest absolute Gasteiger partial charge is 0.326 e. The predicted octanol–water partition coefficient (Wildman–Crippen LogP) is -2.24. The lowest BCUT2D eigenvalue weighted by Gasteiger charge is -2.25. The number of carbonyl (C=O) groups is 5. The van der Waals surface area contributed by atoms with Crippen LogP contribution < -0.4 is 27.4 Å². The summed E-state index contributed by atoms with van der Waals surface area (Å²) in [6.45, 7) is 2.57. The lowest BCUT2D eigenvalue weighted by Crippen LogP contribution is -2.59. The van der Waals surface area contributed by atoms with Crippen LogP contribution in [0.15, 0.2) is 30.3 Å². The molecule has 5 atom stereocenters. The molecule has 0 fully saturated rings. The highest BCUT2D eigenvalue weighted by Gasteiger charge is 2.31. The number of aliphatic hydroxyl groups is 1. The first-order valence-electron chi connectivity index (χ1n) is 10.3. The highest BCUT2D eigenvalue weighted by Crippen LogP contribution is 2.04. The zero-order chi connectivity index (χ0) is 25.1. The summed E-state index contributed by atoms with van der Waals surface area (Å²) in [7, 11) is 0. The minimum absolute atomic E-state index is 0.210. The van der Waals surface area contributed by atoms with Gasteiger partial charge < -0.3 is 37.6 Å². The number of amides is 4. The van der Waals surface area contributed by atoms with Gasteiger partial charge in [-0.2, -0.15) is 0 Å². The van der Waals surface area contributed by atoms with Gasteiger partial charge in [0.1, 0.15) is 18.1 Å². The van der Waals surface area contributed by atoms with Crippen LogP contribution in [0.5, 0.6) is 0 Å². The monoisotopic (exact) mass is 465 g/mol. The minimum atomic E-state index is -1.40. The Bertz CT molecular complexity index is 847. The Morgan fingerprint density at radius 1 is 0.939 bits per heavy atom. The van der Waals surface area contributed by atoms with E-state index in [1.54, 1.807) is 24.3 Å². The van der Waals surface area contributed by atoms with E-state index in [-0.39, 0.29) is 19.3 Å². The number of primary amides is 1. The van der Waals surface area contributed by atoms with Gasteiger partial charge in [-0.05, 0) is 32.3 Å². The molecule has 0 saturated heterocycles. The van der Waals surface area contributed by atoms with Gasteiger partial charge in [0.05, 0.1) is 12.1 Å². The number of benzene rings is 1. The van der Waals surface area contributed by atoms with Gasteiger partial charge in [0.2, 0.25) is 23.6 Å². The van der Waals surface area contributed by atoms with Crippen molar-refractivity contribution in [2.75, 3.05) is 0 Å². The first kappa shape index (κ1) is 27.5. The number of rotatable bonds is 13. The molecule has 12 heteroatoms. The number of carboxylic acid groups (broad SMARTS) is 1. The molecule has 1 aromatic rings. The molecule has 0 radical (unpaired) electrons. The zero-order valence-electron chi connectivity index (χ0n) is 18.5. The van der Waals surface area contributed by atoms with Crippen LogP contribution in [0.4, 0.5) is 0 Å². The van der Waals surface area contributed by atoms with E-state index >= 15 is 0 Å². The molecule has 5 unspecified atom stereocenters. The first-order valence-corrected chi connectivity index (χ1v) is 10.3. The third-order valence-electron chi connectivity index (χ3n) is 4.74. The van der Waals surface area contributed by atoms with Crippen molar-refractivity contribution in [3.05, 3.63) is 35.9 Å². The average Bonchev–Trinajstić information content (AvgIpc) is 2.74. The van der Waals surface area contributed by atoms with Crippen LogP contribution in [0.3, 0.4) is 0 Å². The van der Waals surface area contributed by atoms with E-state index in [0.29, 0.717) is 0 Å². The highest BCUT2D eigenvalue weighted by atomic mass is 16.4. The zero-order valence-corrected chi connectivity index (χ0v) is 18.5. The van der Waals surface area contributed by atoms with Gasteiger partial charge in [-0.25, -0.2) is 4.79 Å². The fourth-order valence-electron chi connectivity index (χ4n) is 2.84. The van der Waals surface area contributed by atoms with E-state index in [1.165, 1.54) is 13.8 Å². The Morgan fingerprint density at radius 3 is 2.06 bits per heavy atom. The minimum Gasteiger partial charge on any atom is -0.480 e. The van der Waals surface area contributed by atoms with Gasteiger partial charge in [-0.1, -0.05) is 30.3 Å². The second-order valence-corrected chi connectivity index (χ2v) is 7.66. The Kier molecular flexibility index (Phi) is 11.0. The number of nitrogens with one attached hydrogen (secondary N) is 3. The second kappa shape index (κ2) is 13.1. The standard InChI is InChI=1S/C21H31N5O7/c1-11(18(29)25-15(21(32)33)8-9-16(23)28)24-20(31)17(12(2)27)26-19(30)14(22)10-13-6-4-3-5-7-13/h3-7,11-12,14-15,17,27H,8-10,22H2,1-2H3,(H2,23,28)(H,24,31)(H,25,29)(H,26,30)(H,32,33). The molecule has 4 amide bonds. The van der Waals surface area contributed by atoms with Crippen molar-refractivity contribution < 1.29 is 34.2 Å². The first-order chi connectivity index (χ1) is 15.4. The summed E-state index contributed by atoms with van der Waals surface area (Å²) in [5.41, 5.74) is 11.7. The summed E-state index contributed by atoms with van der Waals surface area (Å²) in [6, 6.07) is 4.01. The van der Waals surface area contributed by atoms with E-state index in [4.69, 9.17) is 16.6 Å². The molecular formula is C21H31N5O7. The summed E-state index contributed by atoms with van der Waals surface area (Å²) < 4.78 is 0. The Balaban J connectivity index is 2.71. The van der Waals surface area contributed by atoms with Crippen LogP contribution in [0.1, 0.15) is 32.3 Å². The fraction of sp³-hybridized carbons (Fsp3) is 0.476. The topological polar surface area (TPSA) is 214 Å². The summed E-state index contributed by atoms with van der Waals surface area (Å²) in [5, 5.41) is 26.0. The lowest BCUT2D eigenvalue weighted by atomic mass is 10.0. The normalized spacial score (nSPS) is 15.3. The third-order valence-corrected chi connectivity index (χ3v) is 4.74. The average molecular weight is 466 g/mol. The van der Waals surface area contributed by atoms with E-state index in [9.17, 15) is 29.1 Å². The third kappa shape index (κ3) is 9.66. The number of carboxylic acids is 1. The number of aliphatic hydroxyl groups excluding tert-OH is 1. The van der Waals surface area contributed by atoms with Crippen molar-refractivity contribution in [1.29, 1.82) is 0 Å². The van der Waals surface area contributed by atoms with Crippen molar-refractivity contribution in [3.63, 3.8) is 0 Å². The Hall–Kier alpha value is -3.51. The molecule has 0 aromatic heterocycles. The molecule has 1 aromatic carbocycles. The molecular weight excluding hydrogens is 434 g/mol. The molecule has 0 bridgehead atoms. The Labute approximate surface area is 191 Å². The van der Waals surface area contributed by atoms with Crippen LogP contribution in [-0.4, -0.2) is 70.1 Å². The molecule has 33 heavy (non-hydrogen) atoms. The van der Waals surface area contributed by atoms with E-state index in [2.05, 4.69) is 16.0 Å². The molecule has 0 spiro atoms. The van der Waals surface area contributed by atoms with Crippen LogP contribution >= 0.6 is 0 Å². The molecule has 0 aliphatic heterocycles. The van der Waals surface area contributed by atoms with Crippen molar-refractivity contribution >= 4 is 29.6 Å². The largest absolute Gasteiger partial charge is 0.480 e. The molecule has 12 nitrogen and oxygen atoms in total. The van der Waals surface area contributed by atoms with Crippen molar-refractivity contribution in [1.82, 2.24) is 16.0 Å². The van der Waals surface area contributed by atoms with Crippen molar-refractivity contribution in [2.24, 2.45) is 11.5 Å². The fourth-order valence-corrected chi connectivity index (χ4v) is 2.84. The van der Waals surface area contributed by atoms with Gasteiger partial charge in [0.15, 0.2) is 0 Å². The predicted molar refractivity (Wildman–Crippen MR) is 117 cm³/mol. The molecule has 0 aliphatic carbocycles. The van der Waals surface area contributed by atoms with Gasteiger partial charge in [-0.15, -0.1) is 0 Å². The number of aliphatic carboxylic acids is 1. The van der Waals surface area contributed by atoms with Crippen LogP contribution in [-0.2, 0) is 30.4 Å². The molecule has 182 valence electrons. The van der Waals surface area contributed by atoms with Crippen LogP contribution in [0, 0.1) is 0 Å². The Morgan fingerprint density at radius 2 is 1.55 bits per heavy atom. The summed E-state index contributed by atoms with van der Waals surface area (Å²) >= 11 is 0. The van der Waals surface area contributed by atoms with E-state index in [0.717, 1.165) is 5.56 Å². The summed E-state index contributed by atoms with van der Waals surface area (Å²) in [4.78, 5) is 59.4. The van der Waals surface area contributed by atoms with E-state index < -0.39 is 59.9 Å². The number of hydrogen-bond donors (Lipinski definition) is 7. The molecule has 1 rings (SSSR count). The number of hydrogen-bond acceptors (Lipinski definition) is 7. The summed E-state index contributed by atoms with van der Waals surface area (Å²) in [6.07, 6.45) is -1.57. The SMILES string of the molecule is CC(NC(=O)C(NC(=O)C(N)Cc1ccccc1)C(C)O)C(=O)NC(CCC(N)=O)C(=O)O. The van der Waals surface area contributed by atoms with Crippen LogP contribution in [0.25, 0.3) is 0 Å². The maximum Gasteiger partial charge on any atom is 0.326 e. The lowest BCUT2D eigenvalue weighted by molar-refractivity contribution is -0.142. The van der Waals surface area contributed by atoms with Gasteiger partial charge in [0.25, 0.3) is 0 Å². The van der Waals surface area contributed by atoms with Gasteiger partial charge >= 0.3 is 5.97 Å². The van der Waals surface area contributed by atoms with Crippen molar-refractivity contribution in [3.8, 4) is 0 Å². The molecule has 0 aliphatic rings. The van der Waals surface area contributed by atoms with Gasteiger partial charge in [0, 0.05) is 6.42 Å². The molecule has 0 saturated carbocycles. The molecule has 9 N–H and O–H groups in total. The maximum absolute atomic E-state index is 12.6. The highest BCUT2D eigenvalue weighted by molar-refractivity contribution is 5.94. The van der Waals surface area contributed by atoms with Crippen molar-refractivity contribution in [2.45, 2.75) is 63.4 Å². The van der Waals surface area contributed by atoms with E-state index in [1.807, 2.05) is 6.07 Å². The summed E-state index contributed by atoms with van der Waals surface area (Å²) in [5.74, 6) is -4.47. The maximum atomic E-state index is 12.6. The van der Waals surface area contributed by atoms with Crippen LogP contribution in [0.2, 0.25) is 0 Å².